The quantitative estimate of drug-likeness (QED) is 0.874. The number of carbonyl (C=O) groups excluding carboxylic acids is 1. The predicted octanol–water partition coefficient (Wildman–Crippen LogP) is 2.44. The molecule has 0 spiro atoms. The molecular weight excluding hydrogens is 310 g/mol. The molecule has 1 aliphatic heterocycles. The average molecular weight is 331 g/mol. The molecule has 1 fully saturated rings. The number of rotatable bonds is 4. The number of amides is 1. The monoisotopic (exact) mass is 331 g/mol. The van der Waals surface area contributed by atoms with Crippen LogP contribution in [0.5, 0.6) is 0 Å². The third kappa shape index (κ3) is 3.28. The highest BCUT2D eigenvalue weighted by Crippen LogP contribution is 2.24. The second kappa shape index (κ2) is 7.19. The van der Waals surface area contributed by atoms with Gasteiger partial charge in [-0.15, -0.1) is 0 Å². The van der Waals surface area contributed by atoms with Gasteiger partial charge in [0.1, 0.15) is 5.69 Å². The molecule has 1 N–H and O–H groups in total. The molecule has 0 saturated carbocycles. The van der Waals surface area contributed by atoms with Crippen LogP contribution in [0, 0.1) is 5.92 Å². The molecule has 2 heterocycles. The minimum absolute atomic E-state index is 0.0121. The van der Waals surface area contributed by atoms with Crippen LogP contribution in [0.15, 0.2) is 41.7 Å². The first-order chi connectivity index (χ1) is 11.2. The maximum absolute atomic E-state index is 12.9. The van der Waals surface area contributed by atoms with Gasteiger partial charge in [0.2, 0.25) is 0 Å². The van der Waals surface area contributed by atoms with Crippen LogP contribution in [0.1, 0.15) is 23.3 Å². The van der Waals surface area contributed by atoms with E-state index in [2.05, 4.69) is 4.98 Å². The lowest BCUT2D eigenvalue weighted by molar-refractivity contribution is 0.0642. The number of imidazole rings is 1. The van der Waals surface area contributed by atoms with Crippen molar-refractivity contribution >= 4 is 17.7 Å². The Morgan fingerprint density at radius 3 is 2.61 bits per heavy atom. The normalized spacial score (nSPS) is 15.8. The van der Waals surface area contributed by atoms with Crippen LogP contribution in [0.2, 0.25) is 0 Å². The smallest absolute Gasteiger partial charge is 0.272 e. The van der Waals surface area contributed by atoms with Crippen LogP contribution in [0.25, 0.3) is 5.69 Å². The van der Waals surface area contributed by atoms with E-state index in [4.69, 9.17) is 0 Å². The van der Waals surface area contributed by atoms with E-state index in [-0.39, 0.29) is 12.5 Å². The van der Waals surface area contributed by atoms with E-state index < -0.39 is 0 Å². The van der Waals surface area contributed by atoms with Crippen molar-refractivity contribution in [2.24, 2.45) is 5.92 Å². The first-order valence-electron chi connectivity index (χ1n) is 7.82. The summed E-state index contributed by atoms with van der Waals surface area (Å²) in [6, 6.07) is 9.84. The molecule has 1 aliphatic rings. The maximum atomic E-state index is 12.9. The van der Waals surface area contributed by atoms with E-state index >= 15 is 0 Å². The Kier molecular flexibility index (Phi) is 5.03. The van der Waals surface area contributed by atoms with Crippen LogP contribution in [0.4, 0.5) is 0 Å². The summed E-state index contributed by atoms with van der Waals surface area (Å²) in [6.45, 7) is 1.60. The molecule has 1 saturated heterocycles. The number of carbonyl (C=O) groups is 1. The number of para-hydroxylation sites is 1. The summed E-state index contributed by atoms with van der Waals surface area (Å²) >= 11 is 1.53. The molecule has 0 radical (unpaired) electrons. The lowest BCUT2D eigenvalue weighted by Crippen LogP contribution is -2.40. The first kappa shape index (κ1) is 16.1. The van der Waals surface area contributed by atoms with Gasteiger partial charge in [0, 0.05) is 25.4 Å². The van der Waals surface area contributed by atoms with Crippen LogP contribution in [-0.4, -0.2) is 51.4 Å². The molecule has 1 amide bonds. The number of benzene rings is 1. The van der Waals surface area contributed by atoms with E-state index in [1.807, 2.05) is 46.1 Å². The zero-order chi connectivity index (χ0) is 16.2. The Labute approximate surface area is 140 Å². The van der Waals surface area contributed by atoms with Crippen LogP contribution >= 0.6 is 11.8 Å². The van der Waals surface area contributed by atoms with Gasteiger partial charge in [-0.3, -0.25) is 9.36 Å². The molecule has 5 nitrogen and oxygen atoms in total. The lowest BCUT2D eigenvalue weighted by Gasteiger charge is -2.31. The fourth-order valence-corrected chi connectivity index (χ4v) is 3.48. The third-order valence-corrected chi connectivity index (χ3v) is 4.96. The second-order valence-corrected chi connectivity index (χ2v) is 6.49. The number of hydrogen-bond acceptors (Lipinski definition) is 4. The number of piperidine rings is 1. The Hall–Kier alpha value is -1.79. The van der Waals surface area contributed by atoms with Crippen molar-refractivity contribution in [3.8, 4) is 5.69 Å². The van der Waals surface area contributed by atoms with Crippen LogP contribution < -0.4 is 0 Å². The van der Waals surface area contributed by atoms with Gasteiger partial charge in [-0.05, 0) is 37.1 Å². The molecule has 0 aliphatic carbocycles. The molecule has 1 aromatic heterocycles. The maximum Gasteiger partial charge on any atom is 0.272 e. The van der Waals surface area contributed by atoms with Gasteiger partial charge in [-0.2, -0.15) is 0 Å². The Balaban J connectivity index is 1.88. The first-order valence-corrected chi connectivity index (χ1v) is 9.04. The zero-order valence-electron chi connectivity index (χ0n) is 13.2. The number of nitrogens with zero attached hydrogens (tertiary/aromatic N) is 3. The standard InChI is InChI=1S/C17H21N3O2S/c1-23-17-18-11-15(20(17)14-5-3-2-4-6-14)16(22)19-9-7-13(12-21)8-10-19/h2-6,11,13,21H,7-10,12H2,1H3. The predicted molar refractivity (Wildman–Crippen MR) is 91.1 cm³/mol. The lowest BCUT2D eigenvalue weighted by atomic mass is 9.98. The summed E-state index contributed by atoms with van der Waals surface area (Å²) in [7, 11) is 0. The molecular formula is C17H21N3O2S. The average Bonchev–Trinajstić information content (AvgIpc) is 3.06. The highest BCUT2D eigenvalue weighted by atomic mass is 32.2. The molecule has 0 atom stereocenters. The van der Waals surface area contributed by atoms with Crippen molar-refractivity contribution in [2.75, 3.05) is 26.0 Å². The summed E-state index contributed by atoms with van der Waals surface area (Å²) in [5.74, 6) is 0.331. The van der Waals surface area contributed by atoms with Gasteiger partial charge in [0.05, 0.1) is 6.20 Å². The summed E-state index contributed by atoms with van der Waals surface area (Å²) < 4.78 is 1.92. The molecule has 0 unspecified atom stereocenters. The van der Waals surface area contributed by atoms with E-state index in [9.17, 15) is 9.90 Å². The van der Waals surface area contributed by atoms with Gasteiger partial charge >= 0.3 is 0 Å². The van der Waals surface area contributed by atoms with Crippen molar-refractivity contribution in [1.29, 1.82) is 0 Å². The minimum Gasteiger partial charge on any atom is -0.396 e. The van der Waals surface area contributed by atoms with E-state index in [0.29, 0.717) is 24.7 Å². The number of aromatic nitrogens is 2. The molecule has 2 aromatic rings. The SMILES string of the molecule is CSc1ncc(C(=O)N2CCC(CO)CC2)n1-c1ccccc1. The molecule has 23 heavy (non-hydrogen) atoms. The summed E-state index contributed by atoms with van der Waals surface area (Å²) in [4.78, 5) is 19.2. The molecule has 6 heteroatoms. The highest BCUT2D eigenvalue weighted by Gasteiger charge is 2.26. The van der Waals surface area contributed by atoms with Gasteiger partial charge < -0.3 is 10.0 Å². The number of aliphatic hydroxyl groups excluding tert-OH is 1. The second-order valence-electron chi connectivity index (χ2n) is 5.72. The number of hydrogen-bond donors (Lipinski definition) is 1. The molecule has 122 valence electrons. The van der Waals surface area contributed by atoms with Gasteiger partial charge in [0.25, 0.3) is 5.91 Å². The molecule has 3 rings (SSSR count). The van der Waals surface area contributed by atoms with Crippen LogP contribution in [0.3, 0.4) is 0 Å². The van der Waals surface area contributed by atoms with Crippen molar-refractivity contribution in [2.45, 2.75) is 18.0 Å². The summed E-state index contributed by atoms with van der Waals surface area (Å²) in [5, 5.41) is 10.1. The van der Waals surface area contributed by atoms with Gasteiger partial charge in [-0.1, -0.05) is 30.0 Å². The van der Waals surface area contributed by atoms with Crippen molar-refractivity contribution in [3.05, 3.63) is 42.2 Å². The fourth-order valence-electron chi connectivity index (χ4n) is 2.94. The number of aliphatic hydroxyl groups is 1. The largest absolute Gasteiger partial charge is 0.396 e. The Morgan fingerprint density at radius 2 is 2.00 bits per heavy atom. The number of likely N-dealkylation sites (tertiary alicyclic amines) is 1. The van der Waals surface area contributed by atoms with E-state index in [0.717, 1.165) is 23.7 Å². The van der Waals surface area contributed by atoms with Gasteiger partial charge in [-0.25, -0.2) is 4.98 Å². The molecule has 1 aromatic carbocycles. The van der Waals surface area contributed by atoms with Crippen LogP contribution in [-0.2, 0) is 0 Å². The van der Waals surface area contributed by atoms with Crippen molar-refractivity contribution < 1.29 is 9.90 Å². The topological polar surface area (TPSA) is 58.4 Å². The zero-order valence-corrected chi connectivity index (χ0v) is 14.0. The minimum atomic E-state index is 0.0121. The highest BCUT2D eigenvalue weighted by molar-refractivity contribution is 7.98. The molecule has 0 bridgehead atoms. The Morgan fingerprint density at radius 1 is 1.30 bits per heavy atom. The number of thioether (sulfide) groups is 1. The Bertz CT molecular complexity index is 664. The summed E-state index contributed by atoms with van der Waals surface area (Å²) in [5.41, 5.74) is 1.55. The van der Waals surface area contributed by atoms with Gasteiger partial charge in [0.15, 0.2) is 5.16 Å². The fraction of sp³-hybridized carbons (Fsp3) is 0.412. The van der Waals surface area contributed by atoms with E-state index in [1.54, 1.807) is 6.20 Å². The van der Waals surface area contributed by atoms with Crippen molar-refractivity contribution in [1.82, 2.24) is 14.5 Å². The third-order valence-electron chi connectivity index (χ3n) is 4.31. The van der Waals surface area contributed by atoms with E-state index in [1.165, 1.54) is 11.8 Å². The summed E-state index contributed by atoms with van der Waals surface area (Å²) in [6.07, 6.45) is 5.34. The van der Waals surface area contributed by atoms with Crippen molar-refractivity contribution in [3.63, 3.8) is 0 Å².